The van der Waals surface area contributed by atoms with Gasteiger partial charge in [-0.2, -0.15) is 15.5 Å². The summed E-state index contributed by atoms with van der Waals surface area (Å²) in [7, 11) is -0.322. The van der Waals surface area contributed by atoms with Gasteiger partial charge in [0.2, 0.25) is 11.8 Å². The Kier molecular flexibility index (Phi) is 11.8. The van der Waals surface area contributed by atoms with Gasteiger partial charge in [-0.15, -0.1) is 0 Å². The summed E-state index contributed by atoms with van der Waals surface area (Å²) in [5, 5.41) is 21.4. The van der Waals surface area contributed by atoms with Gasteiger partial charge < -0.3 is 30.0 Å². The van der Waals surface area contributed by atoms with E-state index in [1.165, 1.54) is 0 Å². The first-order valence-electron chi connectivity index (χ1n) is 9.91. The summed E-state index contributed by atoms with van der Waals surface area (Å²) < 4.78 is 7.59. The van der Waals surface area contributed by atoms with Gasteiger partial charge in [-0.25, -0.2) is 4.98 Å². The van der Waals surface area contributed by atoms with Crippen molar-refractivity contribution in [3.05, 3.63) is 42.2 Å². The van der Waals surface area contributed by atoms with E-state index in [2.05, 4.69) is 15.0 Å². The summed E-state index contributed by atoms with van der Waals surface area (Å²) in [6, 6.07) is 9.17. The number of aromatic nitrogens is 4. The molecule has 0 bridgehead atoms. The van der Waals surface area contributed by atoms with E-state index in [1.54, 1.807) is 10.9 Å². The summed E-state index contributed by atoms with van der Waals surface area (Å²) in [4.78, 5) is 22.8. The molecule has 1 aromatic carbocycles. The minimum Gasteiger partial charge on any atom is -0.634 e. The Balaban J connectivity index is 0.00000181. The molecule has 0 unspecified atom stereocenters. The van der Waals surface area contributed by atoms with Crippen LogP contribution in [0.15, 0.2) is 36.7 Å². The number of anilines is 1. The SMILES string of the molecule is CC[C@@H]1[C@@H]([Si-]O)C[C@H](n2cnc3c(OCc4ccccc4)nc(N)nc32)[C@]1(O)CO.[Rb+].[Rb+]. The number of fused-ring (bicyclic) bond motifs is 1. The number of nitrogen functional groups attached to an aromatic ring is 1. The maximum Gasteiger partial charge on any atom is 1.00 e. The molecule has 4 rings (SSSR count). The molecule has 9 nitrogen and oxygen atoms in total. The molecule has 1 saturated carbocycles. The van der Waals surface area contributed by atoms with E-state index in [-0.39, 0.29) is 149 Å². The van der Waals surface area contributed by atoms with Crippen molar-refractivity contribution in [1.29, 1.82) is 0 Å². The zero-order valence-corrected chi connectivity index (χ0v) is 29.5. The molecule has 0 spiro atoms. The number of ether oxygens (including phenoxy) is 1. The molecule has 0 saturated heterocycles. The first-order valence-corrected chi connectivity index (χ1v) is 10.9. The van der Waals surface area contributed by atoms with Gasteiger partial charge >= 0.3 is 116 Å². The Morgan fingerprint density at radius 3 is 2.59 bits per heavy atom. The average Bonchev–Trinajstić information content (AvgIpc) is 3.30. The fourth-order valence-corrected chi connectivity index (χ4v) is 5.56. The van der Waals surface area contributed by atoms with Crippen molar-refractivity contribution in [2.24, 2.45) is 5.92 Å². The Morgan fingerprint density at radius 2 is 1.97 bits per heavy atom. The third-order valence-electron chi connectivity index (χ3n) is 6.00. The number of aliphatic hydroxyl groups excluding tert-OH is 1. The maximum atomic E-state index is 11.3. The van der Waals surface area contributed by atoms with E-state index in [0.29, 0.717) is 30.6 Å². The molecule has 2 aromatic heterocycles. The van der Waals surface area contributed by atoms with Crippen molar-refractivity contribution in [2.75, 3.05) is 12.3 Å². The van der Waals surface area contributed by atoms with Gasteiger partial charge in [-0.05, 0) is 11.5 Å². The van der Waals surface area contributed by atoms with Gasteiger partial charge in [0, 0.05) is 0 Å². The molecule has 2 heterocycles. The fraction of sp³-hybridized carbons (Fsp3) is 0.450. The second-order valence-electron chi connectivity index (χ2n) is 7.64. The number of hydrogen-bond donors (Lipinski definition) is 4. The van der Waals surface area contributed by atoms with Crippen LogP contribution in [0.1, 0.15) is 31.4 Å². The van der Waals surface area contributed by atoms with Gasteiger partial charge in [0.05, 0.1) is 19.0 Å². The summed E-state index contributed by atoms with van der Waals surface area (Å²) >= 11 is 0. The third kappa shape index (κ3) is 5.72. The van der Waals surface area contributed by atoms with Crippen LogP contribution in [0.5, 0.6) is 5.88 Å². The maximum absolute atomic E-state index is 11.3. The van der Waals surface area contributed by atoms with Crippen LogP contribution in [-0.4, -0.2) is 56.5 Å². The van der Waals surface area contributed by atoms with E-state index in [4.69, 9.17) is 10.5 Å². The number of nitrogens with zero attached hydrogens (tertiary/aromatic N) is 4. The van der Waals surface area contributed by atoms with E-state index < -0.39 is 18.2 Å². The molecule has 3 aromatic rings. The van der Waals surface area contributed by atoms with Crippen LogP contribution in [0.3, 0.4) is 0 Å². The van der Waals surface area contributed by atoms with E-state index in [9.17, 15) is 15.0 Å². The number of rotatable bonds is 7. The topological polar surface area (TPSA) is 140 Å². The van der Waals surface area contributed by atoms with Crippen LogP contribution in [-0.2, 0) is 6.61 Å². The van der Waals surface area contributed by atoms with Crippen molar-refractivity contribution in [3.8, 4) is 5.88 Å². The van der Waals surface area contributed by atoms with Crippen LogP contribution in [0, 0.1) is 5.92 Å². The Labute approximate surface area is 287 Å². The summed E-state index contributed by atoms with van der Waals surface area (Å²) in [5.74, 6) is 0.0602. The van der Waals surface area contributed by atoms with Crippen LogP contribution in [0.25, 0.3) is 11.2 Å². The van der Waals surface area contributed by atoms with Crippen molar-refractivity contribution in [1.82, 2.24) is 19.5 Å². The molecular weight excluding hydrogens is 573 g/mol. The second-order valence-corrected chi connectivity index (χ2v) is 8.64. The number of benzene rings is 1. The number of nitrogens with two attached hydrogens (primary N) is 1. The molecule has 1 aliphatic carbocycles. The minimum absolute atomic E-state index is 0. The number of hydrogen-bond acceptors (Lipinski definition) is 8. The molecule has 1 radical (unpaired) electrons. The zero-order chi connectivity index (χ0) is 21.3. The van der Waals surface area contributed by atoms with Gasteiger partial charge in [-0.1, -0.05) is 50.1 Å². The first-order chi connectivity index (χ1) is 14.5. The Hall–Kier alpha value is 1.08. The summed E-state index contributed by atoms with van der Waals surface area (Å²) in [5.41, 5.74) is 6.27. The Morgan fingerprint density at radius 1 is 1.25 bits per heavy atom. The van der Waals surface area contributed by atoms with E-state index >= 15 is 0 Å². The zero-order valence-electron chi connectivity index (χ0n) is 18.6. The average molecular weight is 598 g/mol. The second kappa shape index (κ2) is 12.9. The predicted molar refractivity (Wildman–Crippen MR) is 112 cm³/mol. The Bertz CT molecular complexity index is 1030. The third-order valence-corrected chi connectivity index (χ3v) is 6.97. The molecule has 1 aliphatic rings. The monoisotopic (exact) mass is 597 g/mol. The normalized spacial score (nSPS) is 24.7. The van der Waals surface area contributed by atoms with Crippen LogP contribution < -0.4 is 127 Å². The van der Waals surface area contributed by atoms with E-state index in [1.807, 2.05) is 37.3 Å². The molecule has 0 aliphatic heterocycles. The quantitative estimate of drug-likeness (QED) is 0.199. The standard InChI is InChI=1S/C20H25N5O4Si.2Rb/c1-2-13-14(30-28)8-15(20(13,27)10-26)25-11-22-16-17(25)23-19(21)24-18(16)29-9-12-6-4-3-5-7-12;;/h3-7,11,13-15,26-28H,2,8-10H2,1H3,(H2,21,23,24);;/q-1;2*+1/t13-,14+,15+,20+;;/m1../s1. The summed E-state index contributed by atoms with van der Waals surface area (Å²) in [6.45, 7) is 1.83. The van der Waals surface area contributed by atoms with Crippen molar-refractivity contribution >= 4 is 26.9 Å². The van der Waals surface area contributed by atoms with Gasteiger partial charge in [0.25, 0.3) is 0 Å². The van der Waals surface area contributed by atoms with Crippen LogP contribution >= 0.6 is 0 Å². The molecule has 4 atom stereocenters. The summed E-state index contributed by atoms with van der Waals surface area (Å²) in [6.07, 6.45) is 2.70. The van der Waals surface area contributed by atoms with Gasteiger partial charge in [0.15, 0.2) is 11.2 Å². The van der Waals surface area contributed by atoms with Crippen molar-refractivity contribution < 1.29 is 136 Å². The molecule has 0 amide bonds. The minimum atomic E-state index is -1.40. The van der Waals surface area contributed by atoms with Gasteiger partial charge in [0.1, 0.15) is 12.2 Å². The number of imidazole rings is 1. The largest absolute Gasteiger partial charge is 1.00 e. The van der Waals surface area contributed by atoms with Gasteiger partial charge in [-0.3, -0.25) is 9.76 Å². The molecular formula is C20H25N5O4Rb2Si+. The number of aliphatic hydroxyl groups is 2. The van der Waals surface area contributed by atoms with Crippen LogP contribution in [0.4, 0.5) is 5.95 Å². The molecule has 12 heteroatoms. The van der Waals surface area contributed by atoms with Crippen molar-refractivity contribution in [3.63, 3.8) is 0 Å². The molecule has 159 valence electrons. The predicted octanol–water partition coefficient (Wildman–Crippen LogP) is -4.91. The van der Waals surface area contributed by atoms with E-state index in [0.717, 1.165) is 5.56 Å². The molecule has 32 heavy (non-hydrogen) atoms. The molecule has 1 fully saturated rings. The smallest absolute Gasteiger partial charge is 0.634 e. The van der Waals surface area contributed by atoms with Crippen LogP contribution in [0.2, 0.25) is 5.54 Å². The molecule has 5 N–H and O–H groups in total. The first kappa shape index (κ1) is 29.3. The fourth-order valence-electron chi connectivity index (χ4n) is 4.52. The van der Waals surface area contributed by atoms with Crippen molar-refractivity contribution in [2.45, 2.75) is 43.6 Å².